The molecule has 1 aliphatic heterocycles. The molecule has 2 heterocycles. The van der Waals surface area contributed by atoms with Crippen LogP contribution in [-0.2, 0) is 4.74 Å². The summed E-state index contributed by atoms with van der Waals surface area (Å²) < 4.78 is 5.82. The van der Waals surface area contributed by atoms with Crippen molar-refractivity contribution in [1.29, 1.82) is 0 Å². The van der Waals surface area contributed by atoms with Crippen LogP contribution in [-0.4, -0.2) is 25.2 Å². The molecule has 0 saturated carbocycles. The van der Waals surface area contributed by atoms with E-state index in [1.165, 1.54) is 17.7 Å². The summed E-state index contributed by atoms with van der Waals surface area (Å²) in [6, 6.07) is 0. The fourth-order valence-corrected chi connectivity index (χ4v) is 2.75. The average molecular weight is 212 g/mol. The zero-order valence-electron chi connectivity index (χ0n) is 8.40. The number of nitrogens with zero attached hydrogens (tertiary/aromatic N) is 1. The van der Waals surface area contributed by atoms with E-state index in [1.807, 2.05) is 18.8 Å². The van der Waals surface area contributed by atoms with Gasteiger partial charge in [0.05, 0.1) is 16.5 Å². The average Bonchev–Trinajstić information content (AvgIpc) is 2.72. The molecular weight excluding hydrogens is 196 g/mol. The lowest BCUT2D eigenvalue weighted by molar-refractivity contribution is -0.0252. The van der Waals surface area contributed by atoms with E-state index in [9.17, 15) is 0 Å². The molecule has 1 fully saturated rings. The number of thiazole rings is 1. The smallest absolute Gasteiger partial charge is 0.0972 e. The first-order chi connectivity index (χ1) is 6.92. The van der Waals surface area contributed by atoms with Crippen molar-refractivity contribution in [3.63, 3.8) is 0 Å². The summed E-state index contributed by atoms with van der Waals surface area (Å²) in [6.07, 6.45) is 4.64. The number of nitrogens with one attached hydrogen (secondary N) is 1. The van der Waals surface area contributed by atoms with Crippen molar-refractivity contribution >= 4 is 11.3 Å². The van der Waals surface area contributed by atoms with Crippen molar-refractivity contribution < 1.29 is 4.74 Å². The van der Waals surface area contributed by atoms with E-state index < -0.39 is 0 Å². The zero-order valence-corrected chi connectivity index (χ0v) is 9.22. The summed E-state index contributed by atoms with van der Waals surface area (Å²) in [7, 11) is 2.00. The minimum Gasteiger partial charge on any atom is -0.372 e. The van der Waals surface area contributed by atoms with Gasteiger partial charge in [0.25, 0.3) is 0 Å². The maximum absolute atomic E-state index is 5.82. The van der Waals surface area contributed by atoms with Crippen molar-refractivity contribution in [3.8, 4) is 0 Å². The van der Waals surface area contributed by atoms with E-state index in [-0.39, 0.29) is 6.10 Å². The molecule has 2 atom stereocenters. The van der Waals surface area contributed by atoms with Crippen LogP contribution in [0, 0.1) is 5.92 Å². The summed E-state index contributed by atoms with van der Waals surface area (Å²) in [6.45, 7) is 1.92. The Kier molecular flexibility index (Phi) is 3.50. The van der Waals surface area contributed by atoms with E-state index in [2.05, 4.69) is 10.3 Å². The Morgan fingerprint density at radius 1 is 1.71 bits per heavy atom. The molecule has 0 radical (unpaired) electrons. The number of rotatable bonds is 3. The summed E-state index contributed by atoms with van der Waals surface area (Å²) in [5, 5.41) is 3.23. The van der Waals surface area contributed by atoms with Crippen LogP contribution in [0.2, 0.25) is 0 Å². The number of ether oxygens (including phenoxy) is 1. The van der Waals surface area contributed by atoms with E-state index in [0.29, 0.717) is 5.92 Å². The van der Waals surface area contributed by atoms with E-state index in [4.69, 9.17) is 4.74 Å². The molecule has 2 rings (SSSR count). The number of hydrogen-bond acceptors (Lipinski definition) is 4. The standard InChI is InChI=1S/C10H16N2OS/c1-11-5-8-3-2-4-13-10(8)9-6-12-7-14-9/h6-8,10-11H,2-5H2,1H3. The molecule has 1 N–H and O–H groups in total. The van der Waals surface area contributed by atoms with Gasteiger partial charge in [0.15, 0.2) is 0 Å². The van der Waals surface area contributed by atoms with Crippen LogP contribution in [0.3, 0.4) is 0 Å². The highest BCUT2D eigenvalue weighted by molar-refractivity contribution is 7.09. The molecule has 2 unspecified atom stereocenters. The highest BCUT2D eigenvalue weighted by atomic mass is 32.1. The lowest BCUT2D eigenvalue weighted by Crippen LogP contribution is -2.29. The number of aromatic nitrogens is 1. The summed E-state index contributed by atoms with van der Waals surface area (Å²) in [4.78, 5) is 5.38. The molecular formula is C10H16N2OS. The minimum absolute atomic E-state index is 0.267. The fourth-order valence-electron chi connectivity index (χ4n) is 2.00. The van der Waals surface area contributed by atoms with Gasteiger partial charge in [-0.2, -0.15) is 0 Å². The first-order valence-corrected chi connectivity index (χ1v) is 5.94. The van der Waals surface area contributed by atoms with Crippen molar-refractivity contribution in [2.75, 3.05) is 20.2 Å². The molecule has 0 spiro atoms. The van der Waals surface area contributed by atoms with Gasteiger partial charge in [0.1, 0.15) is 0 Å². The Bertz CT molecular complexity index is 261. The van der Waals surface area contributed by atoms with Crippen molar-refractivity contribution in [1.82, 2.24) is 10.3 Å². The lowest BCUT2D eigenvalue weighted by Gasteiger charge is -2.30. The third-order valence-corrected chi connectivity index (χ3v) is 3.48. The quantitative estimate of drug-likeness (QED) is 0.830. The van der Waals surface area contributed by atoms with Gasteiger partial charge in [-0.05, 0) is 19.9 Å². The first kappa shape index (κ1) is 10.1. The zero-order chi connectivity index (χ0) is 9.80. The highest BCUT2D eigenvalue weighted by Gasteiger charge is 2.27. The molecule has 4 heteroatoms. The summed E-state index contributed by atoms with van der Waals surface area (Å²) in [5.41, 5.74) is 1.88. The predicted molar refractivity (Wildman–Crippen MR) is 57.5 cm³/mol. The monoisotopic (exact) mass is 212 g/mol. The van der Waals surface area contributed by atoms with Gasteiger partial charge in [-0.15, -0.1) is 11.3 Å². The van der Waals surface area contributed by atoms with Gasteiger partial charge in [-0.25, -0.2) is 0 Å². The molecule has 1 saturated heterocycles. The van der Waals surface area contributed by atoms with Gasteiger partial charge in [0, 0.05) is 25.3 Å². The van der Waals surface area contributed by atoms with Gasteiger partial charge in [-0.1, -0.05) is 0 Å². The largest absolute Gasteiger partial charge is 0.372 e. The SMILES string of the molecule is CNCC1CCCOC1c1cncs1. The Hall–Kier alpha value is -0.450. The summed E-state index contributed by atoms with van der Waals surface area (Å²) >= 11 is 1.70. The van der Waals surface area contributed by atoms with Crippen LogP contribution < -0.4 is 5.32 Å². The Balaban J connectivity index is 2.06. The molecule has 0 amide bonds. The maximum Gasteiger partial charge on any atom is 0.0972 e. The van der Waals surface area contributed by atoms with Crippen LogP contribution in [0.25, 0.3) is 0 Å². The molecule has 0 aromatic carbocycles. The van der Waals surface area contributed by atoms with Crippen molar-refractivity contribution in [2.45, 2.75) is 18.9 Å². The van der Waals surface area contributed by atoms with Crippen LogP contribution in [0.15, 0.2) is 11.7 Å². The second-order valence-corrected chi connectivity index (χ2v) is 4.57. The van der Waals surface area contributed by atoms with E-state index >= 15 is 0 Å². The molecule has 1 aromatic heterocycles. The molecule has 0 aliphatic carbocycles. The Morgan fingerprint density at radius 3 is 3.36 bits per heavy atom. The molecule has 14 heavy (non-hydrogen) atoms. The topological polar surface area (TPSA) is 34.1 Å². The molecule has 0 bridgehead atoms. The van der Waals surface area contributed by atoms with E-state index in [0.717, 1.165) is 13.2 Å². The van der Waals surface area contributed by atoms with Crippen LogP contribution in [0.5, 0.6) is 0 Å². The lowest BCUT2D eigenvalue weighted by atomic mass is 9.93. The second-order valence-electron chi connectivity index (χ2n) is 3.66. The van der Waals surface area contributed by atoms with Crippen molar-refractivity contribution in [3.05, 3.63) is 16.6 Å². The maximum atomic E-state index is 5.82. The van der Waals surface area contributed by atoms with Gasteiger partial charge in [-0.3, -0.25) is 4.98 Å². The third-order valence-electron chi connectivity index (χ3n) is 2.64. The number of hydrogen-bond donors (Lipinski definition) is 1. The van der Waals surface area contributed by atoms with Crippen LogP contribution in [0.1, 0.15) is 23.8 Å². The fraction of sp³-hybridized carbons (Fsp3) is 0.700. The molecule has 1 aliphatic rings. The molecule has 78 valence electrons. The minimum atomic E-state index is 0.267. The highest BCUT2D eigenvalue weighted by Crippen LogP contribution is 2.34. The Labute approximate surface area is 88.5 Å². The predicted octanol–water partition coefficient (Wildman–Crippen LogP) is 1.83. The van der Waals surface area contributed by atoms with Gasteiger partial charge >= 0.3 is 0 Å². The van der Waals surface area contributed by atoms with Gasteiger partial charge in [0.2, 0.25) is 0 Å². The normalized spacial score (nSPS) is 27.8. The molecule has 1 aromatic rings. The van der Waals surface area contributed by atoms with Gasteiger partial charge < -0.3 is 10.1 Å². The Morgan fingerprint density at radius 2 is 2.64 bits per heavy atom. The van der Waals surface area contributed by atoms with Crippen molar-refractivity contribution in [2.24, 2.45) is 5.92 Å². The van der Waals surface area contributed by atoms with E-state index in [1.54, 1.807) is 11.3 Å². The molecule has 3 nitrogen and oxygen atoms in total. The van der Waals surface area contributed by atoms with Crippen LogP contribution in [0.4, 0.5) is 0 Å². The third kappa shape index (κ3) is 2.13. The summed E-state index contributed by atoms with van der Waals surface area (Å²) in [5.74, 6) is 0.606. The van der Waals surface area contributed by atoms with Crippen LogP contribution >= 0.6 is 11.3 Å². The second kappa shape index (κ2) is 4.87. The first-order valence-electron chi connectivity index (χ1n) is 5.06.